The first-order chi connectivity index (χ1) is 39.6. The van der Waals surface area contributed by atoms with Crippen molar-refractivity contribution in [3.63, 3.8) is 0 Å². The Morgan fingerprint density at radius 3 is 1.27 bits per heavy atom. The molecule has 1 aromatic carbocycles. The number of amides is 9. The fourth-order valence-corrected chi connectivity index (χ4v) is 11.9. The molecule has 468 valence electrons. The van der Waals surface area contributed by atoms with Gasteiger partial charge in [-0.3, -0.25) is 24.0 Å². The molecule has 0 radical (unpaired) electrons. The maximum absolute atomic E-state index is 12.5. The predicted molar refractivity (Wildman–Crippen MR) is 327 cm³/mol. The quantitative estimate of drug-likeness (QED) is 0.411. The molecular weight excluding hydrogens is 1080 g/mol. The van der Waals surface area contributed by atoms with E-state index in [1.54, 1.807) is 24.9 Å². The summed E-state index contributed by atoms with van der Waals surface area (Å²) in [6, 6.07) is 7.23. The van der Waals surface area contributed by atoms with E-state index in [9.17, 15) is 33.6 Å². The highest BCUT2D eigenvalue weighted by molar-refractivity contribution is 8.01. The third kappa shape index (κ3) is 21.0. The smallest absolute Gasteiger partial charge is 0.320 e. The first-order valence-corrected chi connectivity index (χ1v) is 31.5. The number of thioether (sulfide) groups is 1. The number of carbonyl (C=O) groups is 7. The van der Waals surface area contributed by atoms with Gasteiger partial charge in [0.2, 0.25) is 23.6 Å². The van der Waals surface area contributed by atoms with Gasteiger partial charge in [-0.25, -0.2) is 9.59 Å². The summed E-state index contributed by atoms with van der Waals surface area (Å²) in [6.07, 6.45) is 3.44. The molecular formula is C59H103N15O8S. The number of piperidine rings is 1. The Labute approximate surface area is 500 Å². The standard InChI is InChI=1S/C15H19N3O2.C12H21N3O2S.C12H23N3O.C11H22N4O.C9H18N2O2/c1-17-6-8-18(9-7-17)15(20)13-10-11-4-2-3-5-12(11)14(19)16-13;1-12(2)11(17)13-9(8-18-12)10(16)15-6-4-14(3)5-7-15;1-11-3-5-14(6-4-11)12(16)15-9-7-13(2)8-10-15;1-12-3-7-14(8-4-12)11(16)15-9-5-13(2)6-10-15;1-10-4-6-11(7-5-10)9(12)3-8-13-2/h2-5,13H,6-10H2,1H3,(H,16,19);9H,4-8H2,1-3H3,(H,13,17);11H,3-10H2,1-2H3;3-10H2,1-2H3;3-8H2,1-2H3/t13-;;;;/m0..../s1. The summed E-state index contributed by atoms with van der Waals surface area (Å²) >= 11 is 1.56. The molecule has 9 heterocycles. The van der Waals surface area contributed by atoms with Crippen molar-refractivity contribution in [3.8, 4) is 0 Å². The van der Waals surface area contributed by atoms with Gasteiger partial charge in [0.15, 0.2) is 0 Å². The van der Waals surface area contributed by atoms with Crippen molar-refractivity contribution in [2.45, 2.75) is 63.3 Å². The summed E-state index contributed by atoms with van der Waals surface area (Å²) in [6.45, 7) is 30.1. The van der Waals surface area contributed by atoms with E-state index in [0.717, 1.165) is 182 Å². The number of ether oxygens (including phenoxy) is 1. The zero-order chi connectivity index (χ0) is 60.2. The number of hydrogen-bond donors (Lipinski definition) is 2. The topological polar surface area (TPSA) is 195 Å². The number of carbonyl (C=O) groups excluding carboxylic acids is 7. The molecule has 23 nitrogen and oxygen atoms in total. The van der Waals surface area contributed by atoms with Gasteiger partial charge in [0, 0.05) is 195 Å². The molecule has 1 aromatic rings. The van der Waals surface area contributed by atoms with Crippen LogP contribution in [0, 0.1) is 5.92 Å². The molecule has 9 aliphatic rings. The summed E-state index contributed by atoms with van der Waals surface area (Å²) in [7, 11) is 14.1. The fraction of sp³-hybridized carbons (Fsp3) is 0.780. The molecule has 0 saturated carbocycles. The molecule has 1 unspecified atom stereocenters. The van der Waals surface area contributed by atoms with E-state index < -0.39 is 10.8 Å². The Morgan fingerprint density at radius 2 is 0.867 bits per heavy atom. The number of methoxy groups -OCH3 is 1. The maximum Gasteiger partial charge on any atom is 0.320 e. The number of hydrogen-bond acceptors (Lipinski definition) is 15. The van der Waals surface area contributed by atoms with Crippen molar-refractivity contribution in [3.05, 3.63) is 35.4 Å². The van der Waals surface area contributed by atoms with Crippen LogP contribution < -0.4 is 10.6 Å². The van der Waals surface area contributed by atoms with Gasteiger partial charge in [0.05, 0.1) is 17.8 Å². The van der Waals surface area contributed by atoms with E-state index in [-0.39, 0.29) is 47.6 Å². The molecule has 9 aliphatic heterocycles. The molecule has 83 heavy (non-hydrogen) atoms. The number of fused-ring (bicyclic) bond motifs is 1. The molecule has 10 rings (SSSR count). The number of urea groups is 2. The van der Waals surface area contributed by atoms with Gasteiger partial charge in [-0.1, -0.05) is 25.1 Å². The summed E-state index contributed by atoms with van der Waals surface area (Å²) in [5, 5.41) is 5.69. The lowest BCUT2D eigenvalue weighted by molar-refractivity contribution is -0.137. The Hall–Kier alpha value is -4.82. The van der Waals surface area contributed by atoms with Crippen molar-refractivity contribution < 1.29 is 38.3 Å². The number of nitrogens with one attached hydrogen (secondary N) is 2. The van der Waals surface area contributed by atoms with E-state index in [4.69, 9.17) is 4.74 Å². The highest BCUT2D eigenvalue weighted by atomic mass is 32.2. The zero-order valence-corrected chi connectivity index (χ0v) is 53.0. The van der Waals surface area contributed by atoms with Gasteiger partial charge >= 0.3 is 12.1 Å². The van der Waals surface area contributed by atoms with Gasteiger partial charge < -0.3 is 79.1 Å². The lowest BCUT2D eigenvalue weighted by Gasteiger charge is -2.39. The van der Waals surface area contributed by atoms with E-state index in [0.29, 0.717) is 30.8 Å². The number of benzene rings is 1. The number of piperazine rings is 6. The van der Waals surface area contributed by atoms with Crippen molar-refractivity contribution in [1.82, 2.24) is 74.3 Å². The van der Waals surface area contributed by atoms with Gasteiger partial charge in [-0.15, -0.1) is 11.8 Å². The van der Waals surface area contributed by atoms with Crippen molar-refractivity contribution >= 4 is 53.4 Å². The van der Waals surface area contributed by atoms with Crippen LogP contribution in [0.4, 0.5) is 9.59 Å². The molecule has 0 aromatic heterocycles. The summed E-state index contributed by atoms with van der Waals surface area (Å²) in [5.74, 6) is 1.61. The van der Waals surface area contributed by atoms with Gasteiger partial charge in [-0.05, 0) is 86.5 Å². The van der Waals surface area contributed by atoms with Crippen LogP contribution in [-0.2, 0) is 30.3 Å². The van der Waals surface area contributed by atoms with Crippen molar-refractivity contribution in [2.75, 3.05) is 232 Å². The normalized spacial score (nSPS) is 24.4. The molecule has 2 N–H and O–H groups in total. The van der Waals surface area contributed by atoms with Crippen molar-refractivity contribution in [2.24, 2.45) is 5.92 Å². The van der Waals surface area contributed by atoms with Crippen LogP contribution in [0.15, 0.2) is 24.3 Å². The molecule has 2 atom stereocenters. The second kappa shape index (κ2) is 33.2. The van der Waals surface area contributed by atoms with E-state index in [1.807, 2.05) is 66.3 Å². The molecule has 9 amide bonds. The van der Waals surface area contributed by atoms with Crippen LogP contribution >= 0.6 is 11.8 Å². The van der Waals surface area contributed by atoms with Gasteiger partial charge in [0.1, 0.15) is 12.1 Å². The highest BCUT2D eigenvalue weighted by Gasteiger charge is 2.40. The fourth-order valence-electron chi connectivity index (χ4n) is 10.9. The Kier molecular flexibility index (Phi) is 26.9. The second-order valence-electron chi connectivity index (χ2n) is 24.5. The summed E-state index contributed by atoms with van der Waals surface area (Å²) < 4.78 is 4.45. The molecule has 0 bridgehead atoms. The Morgan fingerprint density at radius 1 is 0.506 bits per heavy atom. The number of likely N-dealkylation sites (N-methyl/N-ethyl adjacent to an activating group) is 6. The Balaban J connectivity index is 0.000000168. The van der Waals surface area contributed by atoms with Crippen LogP contribution in [0.5, 0.6) is 0 Å². The second-order valence-corrected chi connectivity index (χ2v) is 26.2. The minimum Gasteiger partial charge on any atom is -0.384 e. The molecule has 8 fully saturated rings. The number of likely N-dealkylation sites (tertiary alicyclic amines) is 1. The molecule has 0 spiro atoms. The SMILES string of the molecule is CC1CCN(C(=O)N2CCN(C)CC2)CC1.CN1CCN(C(=O)C2CSC(C)(C)C(=O)N2)CC1.CN1CCN(C(=O)N2CCN(C)CC2)CC1.CN1CCN(C(=O)[C@@H]2Cc3ccccc3C(=O)N2)CC1.COCCC(=O)N1CCN(C)CC1. The number of nitrogens with zero attached hydrogens (tertiary/aromatic N) is 13. The lowest BCUT2D eigenvalue weighted by atomic mass is 9.94. The number of rotatable bonds is 5. The molecule has 8 saturated heterocycles. The minimum atomic E-state index is -0.418. The van der Waals surface area contributed by atoms with Crippen LogP contribution in [-0.4, -0.2) is 354 Å². The lowest BCUT2D eigenvalue weighted by Crippen LogP contribution is -2.59. The highest BCUT2D eigenvalue weighted by Crippen LogP contribution is 2.30. The third-order valence-corrected chi connectivity index (χ3v) is 18.8. The van der Waals surface area contributed by atoms with E-state index >= 15 is 0 Å². The molecule has 0 aliphatic carbocycles. The Bertz CT molecular complexity index is 2130. The summed E-state index contributed by atoms with van der Waals surface area (Å²) in [4.78, 5) is 112. The van der Waals surface area contributed by atoms with Crippen molar-refractivity contribution in [1.29, 1.82) is 0 Å². The van der Waals surface area contributed by atoms with Gasteiger partial charge in [-0.2, -0.15) is 0 Å². The molecule has 24 heteroatoms. The minimum absolute atomic E-state index is 0.0359. The third-order valence-electron chi connectivity index (χ3n) is 17.4. The van der Waals surface area contributed by atoms with Crippen LogP contribution in [0.1, 0.15) is 56.0 Å². The predicted octanol–water partition coefficient (Wildman–Crippen LogP) is 0.369. The largest absolute Gasteiger partial charge is 0.384 e. The van der Waals surface area contributed by atoms with Crippen LogP contribution in [0.2, 0.25) is 0 Å². The maximum atomic E-state index is 12.5. The van der Waals surface area contributed by atoms with Crippen LogP contribution in [0.25, 0.3) is 0 Å². The van der Waals surface area contributed by atoms with Crippen LogP contribution in [0.3, 0.4) is 0 Å². The zero-order valence-electron chi connectivity index (χ0n) is 52.2. The van der Waals surface area contributed by atoms with E-state index in [2.05, 4.69) is 89.2 Å². The van der Waals surface area contributed by atoms with E-state index in [1.165, 1.54) is 12.8 Å². The first kappa shape index (κ1) is 67.3. The first-order valence-electron chi connectivity index (χ1n) is 30.5. The average Bonchev–Trinajstić information content (AvgIpc) is 3.51. The monoisotopic (exact) mass is 1180 g/mol. The van der Waals surface area contributed by atoms with Gasteiger partial charge in [0.25, 0.3) is 5.91 Å². The average molecular weight is 1180 g/mol. The summed E-state index contributed by atoms with van der Waals surface area (Å²) in [5.41, 5.74) is 1.65.